The van der Waals surface area contributed by atoms with E-state index in [1.54, 1.807) is 6.26 Å². The topological polar surface area (TPSA) is 42.4 Å². The maximum absolute atomic E-state index is 6.07. The Morgan fingerprint density at radius 2 is 2.11 bits per heavy atom. The van der Waals surface area contributed by atoms with E-state index in [-0.39, 0.29) is 0 Å². The number of hydrogen-bond acceptors (Lipinski definition) is 3. The van der Waals surface area contributed by atoms with E-state index in [2.05, 4.69) is 4.90 Å². The van der Waals surface area contributed by atoms with Crippen molar-refractivity contribution in [3.63, 3.8) is 0 Å². The van der Waals surface area contributed by atoms with Crippen LogP contribution < -0.4 is 5.73 Å². The number of rotatable bonds is 5. The first-order valence-corrected chi connectivity index (χ1v) is 6.90. The van der Waals surface area contributed by atoms with E-state index in [4.69, 9.17) is 21.8 Å². The number of nitrogens with zero attached hydrogens (tertiary/aromatic N) is 1. The minimum absolute atomic E-state index is 0.631. The van der Waals surface area contributed by atoms with Gasteiger partial charge in [0.1, 0.15) is 5.76 Å². The summed E-state index contributed by atoms with van der Waals surface area (Å²) in [6, 6.07) is 10.5. The number of anilines is 1. The molecule has 0 saturated heterocycles. The molecule has 1 saturated carbocycles. The Balaban J connectivity index is 1.72. The highest BCUT2D eigenvalue weighted by Crippen LogP contribution is 2.30. The van der Waals surface area contributed by atoms with E-state index < -0.39 is 0 Å². The van der Waals surface area contributed by atoms with Gasteiger partial charge in [-0.3, -0.25) is 4.90 Å². The summed E-state index contributed by atoms with van der Waals surface area (Å²) in [4.78, 5) is 2.43. The van der Waals surface area contributed by atoms with Crippen molar-refractivity contribution in [2.45, 2.75) is 32.0 Å². The van der Waals surface area contributed by atoms with Crippen LogP contribution in [0.1, 0.15) is 24.2 Å². The smallest absolute Gasteiger partial charge is 0.117 e. The number of nitrogen functional groups attached to an aromatic ring is 1. The summed E-state index contributed by atoms with van der Waals surface area (Å²) < 4.78 is 5.43. The van der Waals surface area contributed by atoms with Gasteiger partial charge in [0.15, 0.2) is 0 Å². The second-order valence-corrected chi connectivity index (χ2v) is 5.48. The molecule has 2 aromatic rings. The third kappa shape index (κ3) is 3.11. The van der Waals surface area contributed by atoms with Crippen LogP contribution in [-0.4, -0.2) is 10.9 Å². The first kappa shape index (κ1) is 12.6. The molecule has 1 aliphatic carbocycles. The molecular formula is C15H17ClN2O. The molecule has 0 aliphatic heterocycles. The molecule has 2 N–H and O–H groups in total. The number of furan rings is 1. The molecule has 1 fully saturated rings. The Kier molecular flexibility index (Phi) is 3.49. The van der Waals surface area contributed by atoms with Crippen molar-refractivity contribution in [2.75, 3.05) is 5.73 Å². The lowest BCUT2D eigenvalue weighted by molar-refractivity contribution is 0.225. The average Bonchev–Trinajstić information content (AvgIpc) is 3.12. The van der Waals surface area contributed by atoms with Crippen LogP contribution in [0.15, 0.2) is 41.0 Å². The van der Waals surface area contributed by atoms with Gasteiger partial charge in [-0.15, -0.1) is 0 Å². The Bertz CT molecular complexity index is 549. The van der Waals surface area contributed by atoms with E-state index in [1.807, 2.05) is 30.3 Å². The summed E-state index contributed by atoms with van der Waals surface area (Å²) >= 11 is 6.07. The molecule has 0 atom stereocenters. The van der Waals surface area contributed by atoms with Gasteiger partial charge in [-0.05, 0) is 42.7 Å². The average molecular weight is 277 g/mol. The summed E-state index contributed by atoms with van der Waals surface area (Å²) in [5, 5.41) is 0.631. The molecule has 1 aromatic heterocycles. The van der Waals surface area contributed by atoms with Gasteiger partial charge < -0.3 is 10.2 Å². The zero-order valence-electron chi connectivity index (χ0n) is 10.7. The largest absolute Gasteiger partial charge is 0.468 e. The lowest BCUT2D eigenvalue weighted by Gasteiger charge is -2.21. The minimum atomic E-state index is 0.631. The zero-order valence-corrected chi connectivity index (χ0v) is 11.4. The summed E-state index contributed by atoms with van der Waals surface area (Å²) in [5.41, 5.74) is 7.57. The molecule has 4 heteroatoms. The van der Waals surface area contributed by atoms with E-state index in [0.29, 0.717) is 16.8 Å². The number of benzene rings is 1. The van der Waals surface area contributed by atoms with Crippen LogP contribution in [0, 0.1) is 0 Å². The fourth-order valence-electron chi connectivity index (χ4n) is 2.26. The molecule has 100 valence electrons. The first-order chi connectivity index (χ1) is 9.22. The van der Waals surface area contributed by atoms with E-state index in [0.717, 1.165) is 18.8 Å². The van der Waals surface area contributed by atoms with Crippen molar-refractivity contribution in [3.05, 3.63) is 52.9 Å². The number of halogens is 1. The third-order valence-corrected chi connectivity index (χ3v) is 3.78. The molecular weight excluding hydrogens is 260 g/mol. The van der Waals surface area contributed by atoms with Gasteiger partial charge in [-0.25, -0.2) is 0 Å². The molecule has 0 bridgehead atoms. The molecule has 3 nitrogen and oxygen atoms in total. The third-order valence-electron chi connectivity index (χ3n) is 3.45. The Hall–Kier alpha value is -1.45. The van der Waals surface area contributed by atoms with Crippen molar-refractivity contribution < 1.29 is 4.42 Å². The molecule has 0 radical (unpaired) electrons. The van der Waals surface area contributed by atoms with E-state index >= 15 is 0 Å². The van der Waals surface area contributed by atoms with Gasteiger partial charge in [0.2, 0.25) is 0 Å². The second-order valence-electron chi connectivity index (χ2n) is 5.07. The SMILES string of the molecule is Nc1ccc(CN(Cc2ccco2)C2CC2)cc1Cl. The van der Waals surface area contributed by atoms with Crippen molar-refractivity contribution in [2.24, 2.45) is 0 Å². The predicted molar refractivity (Wildman–Crippen MR) is 76.8 cm³/mol. The Labute approximate surface area is 118 Å². The molecule has 1 aliphatic rings. The fraction of sp³-hybridized carbons (Fsp3) is 0.333. The van der Waals surface area contributed by atoms with Crippen LogP contribution in [0.25, 0.3) is 0 Å². The van der Waals surface area contributed by atoms with E-state index in [1.165, 1.54) is 18.4 Å². The Morgan fingerprint density at radius 3 is 2.74 bits per heavy atom. The van der Waals surface area contributed by atoms with Crippen LogP contribution >= 0.6 is 11.6 Å². The van der Waals surface area contributed by atoms with Crippen LogP contribution in [0.2, 0.25) is 5.02 Å². The highest BCUT2D eigenvalue weighted by atomic mass is 35.5. The van der Waals surface area contributed by atoms with Gasteiger partial charge in [0.25, 0.3) is 0 Å². The van der Waals surface area contributed by atoms with Gasteiger partial charge in [0.05, 0.1) is 23.5 Å². The monoisotopic (exact) mass is 276 g/mol. The zero-order chi connectivity index (χ0) is 13.2. The fourth-order valence-corrected chi connectivity index (χ4v) is 2.46. The van der Waals surface area contributed by atoms with Crippen LogP contribution in [0.5, 0.6) is 0 Å². The van der Waals surface area contributed by atoms with Crippen LogP contribution in [0.3, 0.4) is 0 Å². The van der Waals surface area contributed by atoms with Crippen LogP contribution in [0.4, 0.5) is 5.69 Å². The lowest BCUT2D eigenvalue weighted by atomic mass is 10.2. The van der Waals surface area contributed by atoms with Gasteiger partial charge in [-0.1, -0.05) is 17.7 Å². The summed E-state index contributed by atoms with van der Waals surface area (Å²) in [6.45, 7) is 1.73. The standard InChI is InChI=1S/C15H17ClN2O/c16-14-8-11(3-6-15(14)17)9-18(12-4-5-12)10-13-2-1-7-19-13/h1-3,6-8,12H,4-5,9-10,17H2. The maximum Gasteiger partial charge on any atom is 0.117 e. The maximum atomic E-state index is 6.07. The number of nitrogens with two attached hydrogens (primary N) is 1. The first-order valence-electron chi connectivity index (χ1n) is 6.53. The molecule has 19 heavy (non-hydrogen) atoms. The molecule has 0 amide bonds. The quantitative estimate of drug-likeness (QED) is 0.847. The van der Waals surface area contributed by atoms with Crippen LogP contribution in [-0.2, 0) is 13.1 Å². The normalized spacial score (nSPS) is 15.1. The second kappa shape index (κ2) is 5.27. The minimum Gasteiger partial charge on any atom is -0.468 e. The van der Waals surface area contributed by atoms with Gasteiger partial charge in [-0.2, -0.15) is 0 Å². The predicted octanol–water partition coefficient (Wildman–Crippen LogP) is 3.68. The molecule has 1 aromatic carbocycles. The van der Waals surface area contributed by atoms with Crippen molar-refractivity contribution in [3.8, 4) is 0 Å². The summed E-state index contributed by atoms with van der Waals surface area (Å²) in [5.74, 6) is 1.01. The summed E-state index contributed by atoms with van der Waals surface area (Å²) in [6.07, 6.45) is 4.26. The molecule has 1 heterocycles. The summed E-state index contributed by atoms with van der Waals surface area (Å²) in [7, 11) is 0. The Morgan fingerprint density at radius 1 is 1.26 bits per heavy atom. The van der Waals surface area contributed by atoms with Gasteiger partial charge >= 0.3 is 0 Å². The van der Waals surface area contributed by atoms with Crippen molar-refractivity contribution in [1.82, 2.24) is 4.90 Å². The highest BCUT2D eigenvalue weighted by Gasteiger charge is 2.29. The molecule has 3 rings (SSSR count). The highest BCUT2D eigenvalue weighted by molar-refractivity contribution is 6.33. The van der Waals surface area contributed by atoms with Crippen molar-refractivity contribution in [1.29, 1.82) is 0 Å². The van der Waals surface area contributed by atoms with Gasteiger partial charge in [0, 0.05) is 12.6 Å². The van der Waals surface area contributed by atoms with E-state index in [9.17, 15) is 0 Å². The van der Waals surface area contributed by atoms with Crippen molar-refractivity contribution >= 4 is 17.3 Å². The number of hydrogen-bond donors (Lipinski definition) is 1. The molecule has 0 spiro atoms. The lowest BCUT2D eigenvalue weighted by Crippen LogP contribution is -2.24. The molecule has 0 unspecified atom stereocenters.